The lowest BCUT2D eigenvalue weighted by Gasteiger charge is -1.91. The Bertz CT molecular complexity index is 447. The second-order valence-electron chi connectivity index (χ2n) is 2.94. The van der Waals surface area contributed by atoms with E-state index in [1.165, 1.54) is 11.8 Å². The van der Waals surface area contributed by atoms with Crippen molar-refractivity contribution >= 4 is 28.8 Å². The van der Waals surface area contributed by atoms with Crippen LogP contribution in [0, 0.1) is 0 Å². The number of carboxylic acids is 1. The van der Waals surface area contributed by atoms with Gasteiger partial charge in [0.2, 0.25) is 0 Å². The van der Waals surface area contributed by atoms with Crippen molar-refractivity contribution in [2.24, 2.45) is 0 Å². The van der Waals surface area contributed by atoms with Gasteiger partial charge < -0.3 is 9.52 Å². The maximum absolute atomic E-state index is 10.3. The number of hydrogen-bond donors (Lipinski definition) is 1. The number of fused-ring (bicyclic) bond motifs is 1. The Balaban J connectivity index is 2.05. The Hall–Kier alpha value is -1.49. The summed E-state index contributed by atoms with van der Waals surface area (Å²) < 4.78 is 5.41. The third-order valence-corrected chi connectivity index (χ3v) is 2.65. The number of hydrogen-bond acceptors (Lipinski definition) is 4. The van der Waals surface area contributed by atoms with Crippen molar-refractivity contribution in [3.05, 3.63) is 24.3 Å². The number of aliphatic carboxylic acids is 1. The van der Waals surface area contributed by atoms with E-state index in [2.05, 4.69) is 4.98 Å². The molecule has 5 heteroatoms. The predicted molar refractivity (Wildman–Crippen MR) is 57.0 cm³/mol. The van der Waals surface area contributed by atoms with Gasteiger partial charge >= 0.3 is 5.97 Å². The van der Waals surface area contributed by atoms with Crippen LogP contribution in [0.5, 0.6) is 0 Å². The topological polar surface area (TPSA) is 63.3 Å². The highest BCUT2D eigenvalue weighted by Gasteiger charge is 2.06. The molecule has 1 aromatic carbocycles. The van der Waals surface area contributed by atoms with Gasteiger partial charge in [0.05, 0.1) is 6.42 Å². The number of para-hydroxylation sites is 2. The molecule has 15 heavy (non-hydrogen) atoms. The molecule has 0 radical (unpaired) electrons. The van der Waals surface area contributed by atoms with Gasteiger partial charge in [-0.1, -0.05) is 23.9 Å². The van der Waals surface area contributed by atoms with Gasteiger partial charge in [0, 0.05) is 5.75 Å². The van der Waals surface area contributed by atoms with Crippen LogP contribution in [0.25, 0.3) is 11.1 Å². The van der Waals surface area contributed by atoms with Crippen molar-refractivity contribution in [2.75, 3.05) is 5.75 Å². The fraction of sp³-hybridized carbons (Fsp3) is 0.200. The van der Waals surface area contributed by atoms with E-state index in [0.717, 1.165) is 11.1 Å². The Morgan fingerprint density at radius 1 is 1.47 bits per heavy atom. The first-order chi connectivity index (χ1) is 7.25. The Morgan fingerprint density at radius 3 is 3.00 bits per heavy atom. The van der Waals surface area contributed by atoms with Crippen LogP contribution in [0.15, 0.2) is 33.9 Å². The van der Waals surface area contributed by atoms with Crippen molar-refractivity contribution in [2.45, 2.75) is 11.6 Å². The van der Waals surface area contributed by atoms with Gasteiger partial charge in [0.1, 0.15) is 5.52 Å². The smallest absolute Gasteiger partial charge is 0.304 e. The van der Waals surface area contributed by atoms with Crippen LogP contribution in [0.3, 0.4) is 0 Å². The molecule has 0 fully saturated rings. The van der Waals surface area contributed by atoms with Gasteiger partial charge in [-0.05, 0) is 12.1 Å². The van der Waals surface area contributed by atoms with E-state index in [1.807, 2.05) is 24.3 Å². The quantitative estimate of drug-likeness (QED) is 0.806. The van der Waals surface area contributed by atoms with Crippen molar-refractivity contribution in [3.8, 4) is 0 Å². The molecular formula is C10H9NO3S. The van der Waals surface area contributed by atoms with Gasteiger partial charge in [0.25, 0.3) is 5.22 Å². The SMILES string of the molecule is O=C(O)CCSc1nc2ccccc2o1. The lowest BCUT2D eigenvalue weighted by molar-refractivity contribution is -0.136. The average Bonchev–Trinajstić information content (AvgIpc) is 2.59. The second-order valence-corrected chi connectivity index (χ2v) is 3.99. The summed E-state index contributed by atoms with van der Waals surface area (Å²) in [5.41, 5.74) is 1.53. The molecular weight excluding hydrogens is 214 g/mol. The monoisotopic (exact) mass is 223 g/mol. The van der Waals surface area contributed by atoms with E-state index in [0.29, 0.717) is 11.0 Å². The predicted octanol–water partition coefficient (Wildman–Crippen LogP) is 2.39. The number of rotatable bonds is 4. The number of carbonyl (C=O) groups is 1. The average molecular weight is 223 g/mol. The molecule has 2 aromatic rings. The summed E-state index contributed by atoms with van der Waals surface area (Å²) in [6, 6.07) is 7.46. The van der Waals surface area contributed by atoms with E-state index in [-0.39, 0.29) is 6.42 Å². The van der Waals surface area contributed by atoms with Crippen molar-refractivity contribution in [3.63, 3.8) is 0 Å². The van der Waals surface area contributed by atoms with E-state index < -0.39 is 5.97 Å². The summed E-state index contributed by atoms with van der Waals surface area (Å²) in [4.78, 5) is 14.5. The molecule has 0 spiro atoms. The molecule has 0 aliphatic rings. The van der Waals surface area contributed by atoms with Gasteiger partial charge in [0.15, 0.2) is 5.58 Å². The van der Waals surface area contributed by atoms with E-state index in [1.54, 1.807) is 0 Å². The fourth-order valence-corrected chi connectivity index (χ4v) is 1.90. The molecule has 0 saturated heterocycles. The van der Waals surface area contributed by atoms with Crippen LogP contribution >= 0.6 is 11.8 Å². The van der Waals surface area contributed by atoms with Crippen LogP contribution in [-0.2, 0) is 4.79 Å². The van der Waals surface area contributed by atoms with Gasteiger partial charge in [-0.3, -0.25) is 4.79 Å². The lowest BCUT2D eigenvalue weighted by atomic mass is 10.3. The molecule has 1 aromatic heterocycles. The number of carboxylic acid groups (broad SMARTS) is 1. The van der Waals surface area contributed by atoms with Crippen LogP contribution in [0.1, 0.15) is 6.42 Å². The minimum atomic E-state index is -0.807. The Labute approximate surface area is 90.3 Å². The first-order valence-corrected chi connectivity index (χ1v) is 5.44. The van der Waals surface area contributed by atoms with Crippen molar-refractivity contribution in [1.29, 1.82) is 0 Å². The van der Waals surface area contributed by atoms with E-state index in [9.17, 15) is 4.79 Å². The summed E-state index contributed by atoms with van der Waals surface area (Å²) in [5.74, 6) is -0.332. The fourth-order valence-electron chi connectivity index (χ4n) is 1.14. The molecule has 4 nitrogen and oxygen atoms in total. The minimum Gasteiger partial charge on any atom is -0.481 e. The molecule has 0 amide bonds. The third-order valence-electron chi connectivity index (χ3n) is 1.82. The third kappa shape index (κ3) is 2.50. The van der Waals surface area contributed by atoms with Crippen molar-refractivity contribution in [1.82, 2.24) is 4.98 Å². The molecule has 2 rings (SSSR count). The number of aromatic nitrogens is 1. The second kappa shape index (κ2) is 4.35. The van der Waals surface area contributed by atoms with E-state index in [4.69, 9.17) is 9.52 Å². The van der Waals surface area contributed by atoms with Crippen LogP contribution < -0.4 is 0 Å². The molecule has 0 bridgehead atoms. The first-order valence-electron chi connectivity index (χ1n) is 4.46. The number of thioether (sulfide) groups is 1. The largest absolute Gasteiger partial charge is 0.481 e. The summed E-state index contributed by atoms with van der Waals surface area (Å²) in [6.45, 7) is 0. The summed E-state index contributed by atoms with van der Waals surface area (Å²) >= 11 is 1.32. The molecule has 0 aliphatic carbocycles. The highest BCUT2D eigenvalue weighted by molar-refractivity contribution is 7.99. The standard InChI is InChI=1S/C10H9NO3S/c12-9(13)5-6-15-10-11-7-3-1-2-4-8(7)14-10/h1-4H,5-6H2,(H,12,13). The normalized spacial score (nSPS) is 10.7. The van der Waals surface area contributed by atoms with Crippen molar-refractivity contribution < 1.29 is 14.3 Å². The first kappa shape index (κ1) is 10.0. The maximum atomic E-state index is 10.3. The highest BCUT2D eigenvalue weighted by atomic mass is 32.2. The van der Waals surface area contributed by atoms with Crippen LogP contribution in [0.4, 0.5) is 0 Å². The number of nitrogens with zero attached hydrogens (tertiary/aromatic N) is 1. The minimum absolute atomic E-state index is 0.114. The Kier molecular flexibility index (Phi) is 2.91. The lowest BCUT2D eigenvalue weighted by Crippen LogP contribution is -1.95. The molecule has 0 unspecified atom stereocenters. The zero-order chi connectivity index (χ0) is 10.7. The molecule has 0 aliphatic heterocycles. The van der Waals surface area contributed by atoms with E-state index >= 15 is 0 Å². The van der Waals surface area contributed by atoms with Gasteiger partial charge in [-0.15, -0.1) is 0 Å². The van der Waals surface area contributed by atoms with Gasteiger partial charge in [-0.2, -0.15) is 0 Å². The molecule has 0 atom stereocenters. The summed E-state index contributed by atoms with van der Waals surface area (Å²) in [5, 5.41) is 8.99. The number of benzene rings is 1. The highest BCUT2D eigenvalue weighted by Crippen LogP contribution is 2.23. The Morgan fingerprint density at radius 2 is 2.27 bits per heavy atom. The van der Waals surface area contributed by atoms with Gasteiger partial charge in [-0.25, -0.2) is 4.98 Å². The summed E-state index contributed by atoms with van der Waals surface area (Å²) in [7, 11) is 0. The molecule has 1 N–H and O–H groups in total. The molecule has 0 saturated carbocycles. The maximum Gasteiger partial charge on any atom is 0.304 e. The molecule has 78 valence electrons. The molecule has 1 heterocycles. The van der Waals surface area contributed by atoms with Crippen LogP contribution in [-0.4, -0.2) is 21.8 Å². The zero-order valence-electron chi connectivity index (χ0n) is 7.84. The summed E-state index contributed by atoms with van der Waals surface area (Å²) in [6.07, 6.45) is 0.114. The number of oxazole rings is 1. The van der Waals surface area contributed by atoms with Crippen LogP contribution in [0.2, 0.25) is 0 Å². The zero-order valence-corrected chi connectivity index (χ0v) is 8.66.